The molecule has 2 heterocycles. The predicted molar refractivity (Wildman–Crippen MR) is 70.4 cm³/mol. The number of thiazole rings is 1. The first-order valence-corrected chi connectivity index (χ1v) is 7.66. The van der Waals surface area contributed by atoms with Crippen LogP contribution in [0.3, 0.4) is 0 Å². The summed E-state index contributed by atoms with van der Waals surface area (Å²) in [5.74, 6) is 1.74. The van der Waals surface area contributed by atoms with E-state index in [1.165, 1.54) is 12.2 Å². The second-order valence-electron chi connectivity index (χ2n) is 3.60. The Bertz CT molecular complexity index is 316. The highest BCUT2D eigenvalue weighted by Gasteiger charge is 2.20. The van der Waals surface area contributed by atoms with Crippen LogP contribution in [0.4, 0.5) is 5.13 Å². The summed E-state index contributed by atoms with van der Waals surface area (Å²) in [4.78, 5) is 6.92. The van der Waals surface area contributed by atoms with Crippen LogP contribution in [-0.2, 0) is 5.88 Å². The van der Waals surface area contributed by atoms with Crippen molar-refractivity contribution in [2.75, 3.05) is 23.7 Å². The normalized spacial score (nSPS) is 22.0. The average Bonchev–Trinajstić information content (AvgIpc) is 2.78. The van der Waals surface area contributed by atoms with E-state index in [2.05, 4.69) is 33.9 Å². The van der Waals surface area contributed by atoms with Gasteiger partial charge in [0.25, 0.3) is 0 Å². The summed E-state index contributed by atoms with van der Waals surface area (Å²) in [6, 6.07) is 0. The van der Waals surface area contributed by atoms with Gasteiger partial charge in [0.05, 0.1) is 11.6 Å². The molecule has 0 saturated carbocycles. The molecule has 2 rings (SSSR count). The van der Waals surface area contributed by atoms with Crippen LogP contribution in [0.5, 0.6) is 0 Å². The number of anilines is 1. The van der Waals surface area contributed by atoms with Crippen molar-refractivity contribution < 1.29 is 0 Å². The van der Waals surface area contributed by atoms with Gasteiger partial charge in [0.2, 0.25) is 0 Å². The molecule has 1 unspecified atom stereocenters. The summed E-state index contributed by atoms with van der Waals surface area (Å²) >= 11 is 9.55. The van der Waals surface area contributed by atoms with Crippen molar-refractivity contribution in [1.82, 2.24) is 4.98 Å². The highest BCUT2D eigenvalue weighted by molar-refractivity contribution is 8.00. The highest BCUT2D eigenvalue weighted by Crippen LogP contribution is 2.28. The molecule has 0 bridgehead atoms. The Labute approximate surface area is 104 Å². The quantitative estimate of drug-likeness (QED) is 0.779. The first kappa shape index (κ1) is 11.6. The van der Waals surface area contributed by atoms with Crippen molar-refractivity contribution in [2.24, 2.45) is 0 Å². The number of hydrogen-bond acceptors (Lipinski definition) is 4. The van der Waals surface area contributed by atoms with E-state index >= 15 is 0 Å². The van der Waals surface area contributed by atoms with Crippen LogP contribution in [0.15, 0.2) is 5.38 Å². The maximum Gasteiger partial charge on any atom is 0.185 e. The van der Waals surface area contributed by atoms with E-state index in [-0.39, 0.29) is 0 Å². The fraction of sp³-hybridized carbons (Fsp3) is 0.700. The number of halogens is 1. The minimum atomic E-state index is 0.524. The van der Waals surface area contributed by atoms with Gasteiger partial charge in [-0.25, -0.2) is 4.98 Å². The summed E-state index contributed by atoms with van der Waals surface area (Å²) in [6.45, 7) is 4.51. The lowest BCUT2D eigenvalue weighted by atomic mass is 10.3. The molecule has 15 heavy (non-hydrogen) atoms. The zero-order valence-electron chi connectivity index (χ0n) is 8.78. The van der Waals surface area contributed by atoms with E-state index in [0.717, 1.165) is 29.2 Å². The Morgan fingerprint density at radius 2 is 2.53 bits per heavy atom. The van der Waals surface area contributed by atoms with Crippen LogP contribution in [-0.4, -0.2) is 29.1 Å². The highest BCUT2D eigenvalue weighted by atomic mass is 35.5. The summed E-state index contributed by atoms with van der Waals surface area (Å²) < 4.78 is 0. The summed E-state index contributed by atoms with van der Waals surface area (Å²) in [6.07, 6.45) is 1.24. The van der Waals surface area contributed by atoms with Crippen LogP contribution >= 0.6 is 34.7 Å². The minimum absolute atomic E-state index is 0.524. The molecule has 0 radical (unpaired) electrons. The molecular weight excluding hydrogens is 248 g/mol. The molecular formula is C10H15ClN2S2. The van der Waals surface area contributed by atoms with E-state index in [1.54, 1.807) is 11.3 Å². The number of nitrogens with zero attached hydrogens (tertiary/aromatic N) is 2. The van der Waals surface area contributed by atoms with E-state index in [1.807, 2.05) is 0 Å². The van der Waals surface area contributed by atoms with Crippen molar-refractivity contribution in [1.29, 1.82) is 0 Å². The molecule has 0 N–H and O–H groups in total. The Kier molecular flexibility index (Phi) is 4.17. The van der Waals surface area contributed by atoms with Gasteiger partial charge in [0.1, 0.15) is 0 Å². The molecule has 1 aliphatic heterocycles. The number of rotatable bonds is 3. The van der Waals surface area contributed by atoms with Gasteiger partial charge in [-0.2, -0.15) is 11.8 Å². The van der Waals surface area contributed by atoms with Gasteiger partial charge < -0.3 is 4.90 Å². The van der Waals surface area contributed by atoms with Crippen LogP contribution in [0.2, 0.25) is 0 Å². The number of thioether (sulfide) groups is 1. The van der Waals surface area contributed by atoms with Crippen molar-refractivity contribution in [3.63, 3.8) is 0 Å². The second-order valence-corrected chi connectivity index (χ2v) is 6.11. The maximum absolute atomic E-state index is 5.76. The van der Waals surface area contributed by atoms with Gasteiger partial charge in [0, 0.05) is 29.5 Å². The first-order chi connectivity index (χ1) is 7.33. The lowest BCUT2D eigenvalue weighted by molar-refractivity contribution is 0.725. The zero-order valence-corrected chi connectivity index (χ0v) is 11.2. The van der Waals surface area contributed by atoms with Gasteiger partial charge in [0.15, 0.2) is 5.13 Å². The predicted octanol–water partition coefficient (Wildman–Crippen LogP) is 3.21. The van der Waals surface area contributed by atoms with Crippen LogP contribution in [0.25, 0.3) is 0 Å². The monoisotopic (exact) mass is 262 g/mol. The number of alkyl halides is 1. The largest absolute Gasteiger partial charge is 0.346 e. The van der Waals surface area contributed by atoms with Crippen LogP contribution in [0, 0.1) is 0 Å². The van der Waals surface area contributed by atoms with E-state index in [4.69, 9.17) is 11.6 Å². The van der Waals surface area contributed by atoms with Gasteiger partial charge in [-0.05, 0) is 6.42 Å². The van der Waals surface area contributed by atoms with Crippen LogP contribution < -0.4 is 4.90 Å². The molecule has 0 spiro atoms. The molecule has 0 aliphatic carbocycles. The smallest absolute Gasteiger partial charge is 0.185 e. The van der Waals surface area contributed by atoms with Crippen LogP contribution in [0.1, 0.15) is 19.0 Å². The first-order valence-electron chi connectivity index (χ1n) is 5.20. The number of hydrogen-bond donors (Lipinski definition) is 0. The number of aromatic nitrogens is 1. The third-order valence-corrected chi connectivity index (χ3v) is 5.14. The Balaban J connectivity index is 2.03. The van der Waals surface area contributed by atoms with Crippen molar-refractivity contribution in [2.45, 2.75) is 24.5 Å². The molecule has 2 nitrogen and oxygen atoms in total. The van der Waals surface area contributed by atoms with Crippen molar-refractivity contribution in [3.05, 3.63) is 11.1 Å². The van der Waals surface area contributed by atoms with Gasteiger partial charge in [-0.1, -0.05) is 6.92 Å². The SMILES string of the molecule is CCC1CN(c2nc(CCl)cs2)CCS1. The van der Waals surface area contributed by atoms with Gasteiger partial charge in [-0.3, -0.25) is 0 Å². The summed E-state index contributed by atoms with van der Waals surface area (Å²) in [7, 11) is 0. The molecule has 1 saturated heterocycles. The average molecular weight is 263 g/mol. The van der Waals surface area contributed by atoms with E-state index in [0.29, 0.717) is 5.88 Å². The molecule has 1 aromatic rings. The topological polar surface area (TPSA) is 16.1 Å². The van der Waals surface area contributed by atoms with Gasteiger partial charge in [-0.15, -0.1) is 22.9 Å². The zero-order chi connectivity index (χ0) is 10.7. The lowest BCUT2D eigenvalue weighted by Crippen LogP contribution is -2.37. The third kappa shape index (κ3) is 2.80. The van der Waals surface area contributed by atoms with Crippen molar-refractivity contribution >= 4 is 39.8 Å². The summed E-state index contributed by atoms with van der Waals surface area (Å²) in [5, 5.41) is 3.97. The molecule has 1 aliphatic rings. The minimum Gasteiger partial charge on any atom is -0.346 e. The molecule has 84 valence electrons. The fourth-order valence-electron chi connectivity index (χ4n) is 1.64. The lowest BCUT2D eigenvalue weighted by Gasteiger charge is -2.31. The maximum atomic E-state index is 5.76. The van der Waals surface area contributed by atoms with Gasteiger partial charge >= 0.3 is 0 Å². The molecule has 0 aromatic carbocycles. The van der Waals surface area contributed by atoms with E-state index < -0.39 is 0 Å². The molecule has 5 heteroatoms. The molecule has 1 aromatic heterocycles. The molecule has 1 fully saturated rings. The summed E-state index contributed by atoms with van der Waals surface area (Å²) in [5.41, 5.74) is 1.00. The van der Waals surface area contributed by atoms with E-state index in [9.17, 15) is 0 Å². The Morgan fingerprint density at radius 3 is 3.20 bits per heavy atom. The molecule has 1 atom stereocenters. The fourth-order valence-corrected chi connectivity index (χ4v) is 3.91. The third-order valence-electron chi connectivity index (χ3n) is 2.54. The molecule has 0 amide bonds. The Hall–Kier alpha value is 0.0700. The standard InChI is InChI=1S/C10H15ClN2S2/c1-2-9-6-13(3-4-14-9)10-12-8(5-11)7-15-10/h7,9H,2-6H2,1H3. The second kappa shape index (κ2) is 5.41. The Morgan fingerprint density at radius 1 is 1.67 bits per heavy atom. The van der Waals surface area contributed by atoms with Crippen molar-refractivity contribution in [3.8, 4) is 0 Å².